The van der Waals surface area contributed by atoms with Gasteiger partial charge in [0.05, 0.1) is 17.2 Å². The van der Waals surface area contributed by atoms with Gasteiger partial charge in [-0.3, -0.25) is 0 Å². The van der Waals surface area contributed by atoms with Crippen LogP contribution in [0.3, 0.4) is 0 Å². The zero-order valence-electron chi connectivity index (χ0n) is 9.84. The minimum absolute atomic E-state index is 0.821. The number of hydrogen-bond acceptors (Lipinski definition) is 2. The molecule has 0 saturated carbocycles. The van der Waals surface area contributed by atoms with Crippen molar-refractivity contribution in [3.8, 4) is 11.3 Å². The van der Waals surface area contributed by atoms with Crippen molar-refractivity contribution in [1.29, 1.82) is 0 Å². The molecule has 0 bridgehead atoms. The lowest BCUT2D eigenvalue weighted by atomic mass is 10.0. The van der Waals surface area contributed by atoms with Gasteiger partial charge in [-0.05, 0) is 29.7 Å². The summed E-state index contributed by atoms with van der Waals surface area (Å²) in [5, 5.41) is 5.41. The number of furan rings is 1. The lowest BCUT2D eigenvalue weighted by molar-refractivity contribution is -0.719. The zero-order chi connectivity index (χ0) is 11.8. The van der Waals surface area contributed by atoms with E-state index in [0.29, 0.717) is 0 Å². The fourth-order valence-electron chi connectivity index (χ4n) is 2.15. The molecule has 3 rings (SSSR count). The van der Waals surface area contributed by atoms with Gasteiger partial charge in [-0.1, -0.05) is 22.9 Å². The molecular weight excluding hydrogens is 212 g/mol. The summed E-state index contributed by atoms with van der Waals surface area (Å²) in [5.74, 6) is 0. The number of hydrogen-bond donors (Lipinski definition) is 0. The minimum atomic E-state index is 0.821. The first-order valence-electron chi connectivity index (χ1n) is 5.56. The van der Waals surface area contributed by atoms with Gasteiger partial charge in [-0.15, -0.1) is 0 Å². The van der Waals surface area contributed by atoms with E-state index in [0.717, 1.165) is 16.7 Å². The smallest absolute Gasteiger partial charge is 0.250 e. The van der Waals surface area contributed by atoms with Gasteiger partial charge in [0.1, 0.15) is 6.20 Å². The Morgan fingerprint density at radius 3 is 2.82 bits per heavy atom. The monoisotopic (exact) mass is 225 g/mol. The van der Waals surface area contributed by atoms with Gasteiger partial charge in [-0.2, -0.15) is 0 Å². The van der Waals surface area contributed by atoms with E-state index in [1.807, 2.05) is 29.9 Å². The molecule has 0 fully saturated rings. The quantitative estimate of drug-likeness (QED) is 0.596. The highest BCUT2D eigenvalue weighted by Crippen LogP contribution is 2.27. The van der Waals surface area contributed by atoms with Crippen molar-refractivity contribution in [2.45, 2.75) is 6.92 Å². The highest BCUT2D eigenvalue weighted by atomic mass is 16.3. The van der Waals surface area contributed by atoms with Crippen LogP contribution in [-0.4, -0.2) is 5.10 Å². The van der Waals surface area contributed by atoms with E-state index in [9.17, 15) is 0 Å². The van der Waals surface area contributed by atoms with Crippen molar-refractivity contribution in [2.24, 2.45) is 7.05 Å². The second-order valence-electron chi connectivity index (χ2n) is 4.13. The first-order chi connectivity index (χ1) is 8.27. The van der Waals surface area contributed by atoms with E-state index in [1.165, 1.54) is 11.1 Å². The molecule has 3 nitrogen and oxygen atoms in total. The Labute approximate surface area is 99.3 Å². The molecule has 0 amide bonds. The molecule has 2 heterocycles. The average Bonchev–Trinajstić information content (AvgIpc) is 2.79. The van der Waals surface area contributed by atoms with Crippen molar-refractivity contribution in [2.75, 3.05) is 0 Å². The lowest BCUT2D eigenvalue weighted by Gasteiger charge is -2.02. The van der Waals surface area contributed by atoms with Crippen molar-refractivity contribution >= 4 is 11.0 Å². The predicted molar refractivity (Wildman–Crippen MR) is 65.4 cm³/mol. The Morgan fingerprint density at radius 2 is 2.00 bits per heavy atom. The Balaban J connectivity index is 2.40. The van der Waals surface area contributed by atoms with Gasteiger partial charge >= 0.3 is 0 Å². The van der Waals surface area contributed by atoms with Crippen LogP contribution in [0.1, 0.15) is 5.56 Å². The summed E-state index contributed by atoms with van der Waals surface area (Å²) in [6, 6.07) is 10.3. The zero-order valence-corrected chi connectivity index (χ0v) is 9.84. The maximum Gasteiger partial charge on any atom is 0.250 e. The third-order valence-electron chi connectivity index (χ3n) is 3.02. The van der Waals surface area contributed by atoms with Crippen LogP contribution < -0.4 is 4.68 Å². The van der Waals surface area contributed by atoms with Crippen LogP contribution in [-0.2, 0) is 7.05 Å². The number of rotatable bonds is 1. The molecule has 0 saturated heterocycles. The van der Waals surface area contributed by atoms with E-state index in [-0.39, 0.29) is 0 Å². The molecular formula is C14H13N2O+. The Kier molecular flexibility index (Phi) is 2.18. The Hall–Kier alpha value is -2.16. The fraction of sp³-hybridized carbons (Fsp3) is 0.143. The largest absolute Gasteiger partial charge is 0.462 e. The van der Waals surface area contributed by atoms with Gasteiger partial charge in [0, 0.05) is 0 Å². The highest BCUT2D eigenvalue weighted by Gasteiger charge is 2.19. The van der Waals surface area contributed by atoms with Crippen molar-refractivity contribution in [1.82, 2.24) is 5.10 Å². The normalized spacial score (nSPS) is 10.9. The Bertz CT molecular complexity index is 686. The molecule has 0 radical (unpaired) electrons. The predicted octanol–water partition coefficient (Wildman–Crippen LogP) is 2.63. The number of fused-ring (bicyclic) bond motifs is 1. The number of aromatic nitrogens is 2. The number of nitrogens with zero attached hydrogens (tertiary/aromatic N) is 2. The fourth-order valence-corrected chi connectivity index (χ4v) is 2.15. The van der Waals surface area contributed by atoms with Crippen LogP contribution in [0.25, 0.3) is 22.2 Å². The molecule has 84 valence electrons. The summed E-state index contributed by atoms with van der Waals surface area (Å²) >= 11 is 0. The molecule has 2 aromatic heterocycles. The maximum absolute atomic E-state index is 5.40. The van der Waals surface area contributed by atoms with E-state index >= 15 is 0 Å². The third-order valence-corrected chi connectivity index (χ3v) is 3.02. The van der Waals surface area contributed by atoms with E-state index in [1.54, 1.807) is 12.5 Å². The van der Waals surface area contributed by atoms with Gasteiger partial charge in [-0.25, -0.2) is 0 Å². The molecule has 0 atom stereocenters. The van der Waals surface area contributed by atoms with Gasteiger partial charge in [0.15, 0.2) is 12.6 Å². The van der Waals surface area contributed by atoms with Crippen LogP contribution in [0, 0.1) is 6.92 Å². The first kappa shape index (κ1) is 10.0. The summed E-state index contributed by atoms with van der Waals surface area (Å²) in [6.07, 6.45) is 3.45. The van der Waals surface area contributed by atoms with Crippen LogP contribution in [0.4, 0.5) is 0 Å². The number of aryl methyl sites for hydroxylation is 2. The third kappa shape index (κ3) is 1.51. The van der Waals surface area contributed by atoms with Gasteiger partial charge in [0.2, 0.25) is 5.69 Å². The van der Waals surface area contributed by atoms with Crippen molar-refractivity contribution in [3.63, 3.8) is 0 Å². The highest BCUT2D eigenvalue weighted by molar-refractivity contribution is 5.89. The molecule has 3 aromatic rings. The summed E-state index contributed by atoms with van der Waals surface area (Å²) in [4.78, 5) is 0. The second-order valence-corrected chi connectivity index (χ2v) is 4.13. The topological polar surface area (TPSA) is 29.9 Å². The Morgan fingerprint density at radius 1 is 1.18 bits per heavy atom. The second kappa shape index (κ2) is 3.70. The molecule has 0 aliphatic heterocycles. The SMILES string of the molecule is Cc1ccccc1-c1c2ccoc2cn[n+]1C. The van der Waals surface area contributed by atoms with Gasteiger partial charge in [0.25, 0.3) is 0 Å². The molecule has 0 unspecified atom stereocenters. The summed E-state index contributed by atoms with van der Waals surface area (Å²) < 4.78 is 7.29. The molecule has 1 aromatic carbocycles. The minimum Gasteiger partial charge on any atom is -0.462 e. The van der Waals surface area contributed by atoms with Crippen LogP contribution in [0.15, 0.2) is 47.2 Å². The maximum atomic E-state index is 5.40. The molecule has 17 heavy (non-hydrogen) atoms. The molecule has 0 spiro atoms. The van der Waals surface area contributed by atoms with Crippen molar-refractivity contribution in [3.05, 3.63) is 48.4 Å². The van der Waals surface area contributed by atoms with E-state index in [4.69, 9.17) is 4.42 Å². The van der Waals surface area contributed by atoms with Crippen LogP contribution >= 0.6 is 0 Å². The van der Waals surface area contributed by atoms with Crippen LogP contribution in [0.5, 0.6) is 0 Å². The standard InChI is InChI=1S/C14H13N2O/c1-10-5-3-4-6-11(10)14-12-7-8-17-13(12)9-15-16(14)2/h3-9H,1-2H3/q+1. The summed E-state index contributed by atoms with van der Waals surface area (Å²) in [6.45, 7) is 2.11. The molecule has 3 heteroatoms. The van der Waals surface area contributed by atoms with E-state index < -0.39 is 0 Å². The lowest BCUT2D eigenvalue weighted by Crippen LogP contribution is -2.35. The number of benzene rings is 1. The van der Waals surface area contributed by atoms with E-state index in [2.05, 4.69) is 24.2 Å². The molecule has 0 aliphatic carbocycles. The summed E-state index contributed by atoms with van der Waals surface area (Å²) in [5.41, 5.74) is 4.34. The average molecular weight is 225 g/mol. The molecule has 0 N–H and O–H groups in total. The summed E-state index contributed by atoms with van der Waals surface area (Å²) in [7, 11) is 1.95. The van der Waals surface area contributed by atoms with Gasteiger partial charge < -0.3 is 4.42 Å². The first-order valence-corrected chi connectivity index (χ1v) is 5.56. The molecule has 0 aliphatic rings. The van der Waals surface area contributed by atoms with Crippen LogP contribution in [0.2, 0.25) is 0 Å². The van der Waals surface area contributed by atoms with Crippen molar-refractivity contribution < 1.29 is 9.10 Å².